The second kappa shape index (κ2) is 5.31. The quantitative estimate of drug-likeness (QED) is 0.522. The average Bonchev–Trinajstić information content (AvgIpc) is 2.31. The first-order valence-electron chi connectivity index (χ1n) is 5.32. The minimum atomic E-state index is -0.0658. The molecule has 1 aromatic heterocycles. The van der Waals surface area contributed by atoms with Gasteiger partial charge in [0, 0.05) is 31.0 Å². The summed E-state index contributed by atoms with van der Waals surface area (Å²) in [5.74, 6) is 5.58. The molecular formula is C10H17N5O. The van der Waals surface area contributed by atoms with Crippen molar-refractivity contribution < 1.29 is 4.74 Å². The molecular weight excluding hydrogens is 206 g/mol. The smallest absolute Gasteiger partial charge is 0.115 e. The zero-order valence-corrected chi connectivity index (χ0v) is 9.34. The lowest BCUT2D eigenvalue weighted by atomic mass is 10.0. The Bertz CT molecular complexity index is 320. The van der Waals surface area contributed by atoms with Gasteiger partial charge in [-0.2, -0.15) is 0 Å². The maximum Gasteiger partial charge on any atom is 0.115 e. The van der Waals surface area contributed by atoms with Crippen LogP contribution in [0.1, 0.15) is 11.6 Å². The van der Waals surface area contributed by atoms with E-state index in [4.69, 9.17) is 10.6 Å². The Labute approximate surface area is 94.8 Å². The summed E-state index contributed by atoms with van der Waals surface area (Å²) >= 11 is 0. The molecule has 88 valence electrons. The first kappa shape index (κ1) is 11.4. The number of aromatic nitrogens is 2. The molecule has 0 amide bonds. The number of rotatable bonds is 3. The van der Waals surface area contributed by atoms with Crippen LogP contribution in [0.5, 0.6) is 0 Å². The van der Waals surface area contributed by atoms with Gasteiger partial charge in [-0.25, -0.2) is 9.97 Å². The molecule has 2 heterocycles. The number of hydrogen-bond donors (Lipinski definition) is 2. The van der Waals surface area contributed by atoms with Crippen molar-refractivity contribution in [1.29, 1.82) is 0 Å². The molecule has 0 aromatic carbocycles. The Balaban J connectivity index is 2.10. The van der Waals surface area contributed by atoms with Crippen LogP contribution in [-0.4, -0.2) is 47.7 Å². The van der Waals surface area contributed by atoms with Crippen LogP contribution in [0.3, 0.4) is 0 Å². The molecule has 1 fully saturated rings. The number of morpholine rings is 1. The predicted octanol–water partition coefficient (Wildman–Crippen LogP) is -0.688. The van der Waals surface area contributed by atoms with E-state index < -0.39 is 0 Å². The average molecular weight is 223 g/mol. The highest BCUT2D eigenvalue weighted by molar-refractivity contribution is 5.11. The zero-order valence-electron chi connectivity index (χ0n) is 9.34. The van der Waals surface area contributed by atoms with Gasteiger partial charge in [-0.05, 0) is 7.05 Å². The largest absolute Gasteiger partial charge is 0.374 e. The Morgan fingerprint density at radius 3 is 2.94 bits per heavy atom. The molecule has 2 rings (SSSR count). The lowest BCUT2D eigenvalue weighted by Gasteiger charge is -2.34. The van der Waals surface area contributed by atoms with E-state index in [0.29, 0.717) is 0 Å². The van der Waals surface area contributed by atoms with Gasteiger partial charge in [0.2, 0.25) is 0 Å². The summed E-state index contributed by atoms with van der Waals surface area (Å²) in [5.41, 5.74) is 3.73. The highest BCUT2D eigenvalue weighted by Crippen LogP contribution is 2.19. The van der Waals surface area contributed by atoms with Gasteiger partial charge in [0.15, 0.2) is 0 Å². The molecule has 1 aromatic rings. The first-order chi connectivity index (χ1) is 7.81. The van der Waals surface area contributed by atoms with Crippen molar-refractivity contribution in [3.05, 3.63) is 24.3 Å². The molecule has 2 unspecified atom stereocenters. The maximum atomic E-state index is 5.72. The standard InChI is InChI=1S/C10H17N5O/c1-15-2-3-16-9(6-15)10(14-11)8-4-12-7-13-5-8/h4-5,7,9-10,14H,2-3,6,11H2,1H3. The van der Waals surface area contributed by atoms with Crippen molar-refractivity contribution >= 4 is 0 Å². The molecule has 1 aliphatic rings. The second-order valence-corrected chi connectivity index (χ2v) is 3.99. The molecule has 6 heteroatoms. The summed E-state index contributed by atoms with van der Waals surface area (Å²) in [6.45, 7) is 2.54. The number of ether oxygens (including phenoxy) is 1. The fourth-order valence-corrected chi connectivity index (χ4v) is 1.90. The van der Waals surface area contributed by atoms with Crippen LogP contribution in [0.2, 0.25) is 0 Å². The van der Waals surface area contributed by atoms with Crippen LogP contribution in [-0.2, 0) is 4.74 Å². The minimum absolute atomic E-state index is 0.0368. The van der Waals surface area contributed by atoms with Gasteiger partial charge in [-0.15, -0.1) is 0 Å². The van der Waals surface area contributed by atoms with Gasteiger partial charge in [-0.1, -0.05) is 0 Å². The number of nitrogens with zero attached hydrogens (tertiary/aromatic N) is 3. The number of likely N-dealkylation sites (N-methyl/N-ethyl adjacent to an activating group) is 1. The molecule has 3 N–H and O–H groups in total. The summed E-state index contributed by atoms with van der Waals surface area (Å²) in [4.78, 5) is 10.2. The fourth-order valence-electron chi connectivity index (χ4n) is 1.90. The fraction of sp³-hybridized carbons (Fsp3) is 0.600. The molecule has 0 bridgehead atoms. The van der Waals surface area contributed by atoms with Crippen molar-refractivity contribution in [3.8, 4) is 0 Å². The van der Waals surface area contributed by atoms with Crippen LogP contribution in [0.4, 0.5) is 0 Å². The van der Waals surface area contributed by atoms with E-state index in [9.17, 15) is 0 Å². The van der Waals surface area contributed by atoms with Crippen LogP contribution in [0.15, 0.2) is 18.7 Å². The third-order valence-electron chi connectivity index (χ3n) is 2.79. The summed E-state index contributed by atoms with van der Waals surface area (Å²) in [6, 6.07) is -0.0658. The summed E-state index contributed by atoms with van der Waals surface area (Å²) in [7, 11) is 2.07. The van der Waals surface area contributed by atoms with Crippen LogP contribution in [0.25, 0.3) is 0 Å². The minimum Gasteiger partial charge on any atom is -0.374 e. The molecule has 16 heavy (non-hydrogen) atoms. The highest BCUT2D eigenvalue weighted by Gasteiger charge is 2.27. The second-order valence-electron chi connectivity index (χ2n) is 3.99. The Morgan fingerprint density at radius 2 is 2.31 bits per heavy atom. The maximum absolute atomic E-state index is 5.72. The lowest BCUT2D eigenvalue weighted by molar-refractivity contribution is -0.0394. The molecule has 0 spiro atoms. The summed E-state index contributed by atoms with van der Waals surface area (Å²) in [5, 5.41) is 0. The van der Waals surface area contributed by atoms with Crippen molar-refractivity contribution in [2.24, 2.45) is 5.84 Å². The van der Waals surface area contributed by atoms with Crippen LogP contribution >= 0.6 is 0 Å². The Kier molecular flexibility index (Phi) is 3.79. The molecule has 6 nitrogen and oxygen atoms in total. The van der Waals surface area contributed by atoms with Gasteiger partial charge in [0.05, 0.1) is 18.8 Å². The molecule has 0 saturated carbocycles. The van der Waals surface area contributed by atoms with E-state index in [1.165, 1.54) is 6.33 Å². The Hall–Kier alpha value is -1.08. The Morgan fingerprint density at radius 1 is 1.56 bits per heavy atom. The van der Waals surface area contributed by atoms with Crippen LogP contribution in [0, 0.1) is 0 Å². The third-order valence-corrected chi connectivity index (χ3v) is 2.79. The van der Waals surface area contributed by atoms with Crippen molar-refractivity contribution in [2.45, 2.75) is 12.1 Å². The third kappa shape index (κ3) is 2.53. The van der Waals surface area contributed by atoms with Crippen LogP contribution < -0.4 is 11.3 Å². The highest BCUT2D eigenvalue weighted by atomic mass is 16.5. The SMILES string of the molecule is CN1CCOC(C(NN)c2cncnc2)C1. The zero-order chi connectivity index (χ0) is 11.4. The van der Waals surface area contributed by atoms with E-state index in [-0.39, 0.29) is 12.1 Å². The number of nitrogens with one attached hydrogen (secondary N) is 1. The van der Waals surface area contributed by atoms with Crippen molar-refractivity contribution in [1.82, 2.24) is 20.3 Å². The van der Waals surface area contributed by atoms with E-state index in [1.807, 2.05) is 0 Å². The molecule has 1 saturated heterocycles. The predicted molar refractivity (Wildman–Crippen MR) is 59.3 cm³/mol. The van der Waals surface area contributed by atoms with Gasteiger partial charge >= 0.3 is 0 Å². The first-order valence-corrected chi connectivity index (χ1v) is 5.32. The summed E-state index contributed by atoms with van der Waals surface area (Å²) in [6.07, 6.45) is 5.06. The van der Waals surface area contributed by atoms with E-state index in [0.717, 1.165) is 25.3 Å². The number of nitrogens with two attached hydrogens (primary N) is 1. The number of hydrazine groups is 1. The number of hydrogen-bond acceptors (Lipinski definition) is 6. The van der Waals surface area contributed by atoms with Gasteiger partial charge < -0.3 is 9.64 Å². The van der Waals surface area contributed by atoms with Gasteiger partial charge in [-0.3, -0.25) is 11.3 Å². The molecule has 2 atom stereocenters. The molecule has 0 aliphatic carbocycles. The van der Waals surface area contributed by atoms with Gasteiger partial charge in [0.25, 0.3) is 0 Å². The lowest BCUT2D eigenvalue weighted by Crippen LogP contribution is -2.48. The molecule has 0 radical (unpaired) electrons. The van der Waals surface area contributed by atoms with E-state index in [1.54, 1.807) is 12.4 Å². The summed E-state index contributed by atoms with van der Waals surface area (Å²) < 4.78 is 5.72. The van der Waals surface area contributed by atoms with E-state index >= 15 is 0 Å². The normalized spacial score (nSPS) is 24.2. The van der Waals surface area contributed by atoms with Gasteiger partial charge in [0.1, 0.15) is 6.33 Å². The van der Waals surface area contributed by atoms with E-state index in [2.05, 4.69) is 27.3 Å². The molecule has 1 aliphatic heterocycles. The topological polar surface area (TPSA) is 76.3 Å². The van der Waals surface area contributed by atoms with Crippen molar-refractivity contribution in [2.75, 3.05) is 26.7 Å². The van der Waals surface area contributed by atoms with Crippen molar-refractivity contribution in [3.63, 3.8) is 0 Å². The monoisotopic (exact) mass is 223 g/mol.